The lowest BCUT2D eigenvalue weighted by Crippen LogP contribution is -2.56. The Hall–Kier alpha value is -2.78. The van der Waals surface area contributed by atoms with Gasteiger partial charge in [-0.05, 0) is 6.07 Å². The first-order chi connectivity index (χ1) is 11.8. The summed E-state index contributed by atoms with van der Waals surface area (Å²) in [6.45, 7) is 0.610. The summed E-state index contributed by atoms with van der Waals surface area (Å²) in [6, 6.07) is 2.07. The molecule has 0 aromatic carbocycles. The molecular formula is C15H15F3N4O3. The van der Waals surface area contributed by atoms with E-state index >= 15 is 0 Å². The Morgan fingerprint density at radius 1 is 1.32 bits per heavy atom. The van der Waals surface area contributed by atoms with Crippen LogP contribution in [0.1, 0.15) is 15.9 Å². The van der Waals surface area contributed by atoms with Crippen LogP contribution in [0.5, 0.6) is 11.8 Å². The number of rotatable bonds is 4. The molecule has 1 amide bonds. The molecule has 2 aromatic heterocycles. The number of hydrogen-bond acceptors (Lipinski definition) is 5. The molecule has 1 aliphatic heterocycles. The number of amides is 1. The first-order valence-electron chi connectivity index (χ1n) is 7.34. The first kappa shape index (κ1) is 17.1. The smallest absolute Gasteiger partial charge is 0.417 e. The molecule has 0 N–H and O–H groups in total. The van der Waals surface area contributed by atoms with Crippen molar-refractivity contribution in [2.75, 3.05) is 20.2 Å². The van der Waals surface area contributed by atoms with Gasteiger partial charge < -0.3 is 14.4 Å². The lowest BCUT2D eigenvalue weighted by Gasteiger charge is -2.38. The van der Waals surface area contributed by atoms with Crippen molar-refractivity contribution in [2.24, 2.45) is 7.05 Å². The van der Waals surface area contributed by atoms with Crippen molar-refractivity contribution in [3.63, 3.8) is 0 Å². The predicted molar refractivity (Wildman–Crippen MR) is 79.3 cm³/mol. The van der Waals surface area contributed by atoms with Gasteiger partial charge in [0.05, 0.1) is 25.8 Å². The largest absolute Gasteiger partial charge is 0.479 e. The van der Waals surface area contributed by atoms with E-state index in [1.165, 1.54) is 16.7 Å². The molecule has 0 bridgehead atoms. The number of pyridine rings is 1. The van der Waals surface area contributed by atoms with E-state index in [1.54, 1.807) is 13.2 Å². The molecule has 1 saturated heterocycles. The Morgan fingerprint density at radius 2 is 2.04 bits per heavy atom. The molecule has 0 spiro atoms. The van der Waals surface area contributed by atoms with Crippen LogP contribution in [0.15, 0.2) is 24.5 Å². The molecule has 0 atom stereocenters. The molecule has 134 valence electrons. The fourth-order valence-electron chi connectivity index (χ4n) is 2.40. The Balaban J connectivity index is 1.56. The van der Waals surface area contributed by atoms with Crippen molar-refractivity contribution in [3.8, 4) is 11.8 Å². The molecule has 0 aliphatic carbocycles. The molecule has 3 heterocycles. The van der Waals surface area contributed by atoms with Crippen molar-refractivity contribution < 1.29 is 27.4 Å². The molecule has 0 radical (unpaired) electrons. The zero-order valence-corrected chi connectivity index (χ0v) is 13.4. The number of nitrogens with zero attached hydrogens (tertiary/aromatic N) is 4. The highest BCUT2D eigenvalue weighted by Crippen LogP contribution is 2.29. The summed E-state index contributed by atoms with van der Waals surface area (Å²) < 4.78 is 49.5. The Labute approximate surface area is 141 Å². The minimum Gasteiger partial charge on any atom is -0.479 e. The number of carbonyl (C=O) groups excluding carboxylic acids is 1. The van der Waals surface area contributed by atoms with Crippen LogP contribution in [0, 0.1) is 0 Å². The molecule has 7 nitrogen and oxygen atoms in total. The monoisotopic (exact) mass is 356 g/mol. The standard InChI is InChI=1S/C15H15F3N4O3/c1-21-8-11(13(20-21)24-2)14(23)22-6-10(7-22)25-12-4-3-9(5-19-12)15(16,17)18/h3-5,8,10H,6-7H2,1-2H3. The summed E-state index contributed by atoms with van der Waals surface area (Å²) in [5.74, 6) is 0.0792. The average molecular weight is 356 g/mol. The van der Waals surface area contributed by atoms with Gasteiger partial charge in [-0.1, -0.05) is 0 Å². The number of hydrogen-bond donors (Lipinski definition) is 0. The zero-order chi connectivity index (χ0) is 18.2. The van der Waals surface area contributed by atoms with E-state index in [9.17, 15) is 18.0 Å². The van der Waals surface area contributed by atoms with Gasteiger partial charge >= 0.3 is 6.18 Å². The number of halogens is 3. The molecule has 1 fully saturated rings. The summed E-state index contributed by atoms with van der Waals surface area (Å²) in [6.07, 6.45) is -2.48. The van der Waals surface area contributed by atoms with Crippen LogP contribution in [0.2, 0.25) is 0 Å². The maximum absolute atomic E-state index is 12.5. The van der Waals surface area contributed by atoms with Gasteiger partial charge in [0.25, 0.3) is 5.91 Å². The first-order valence-corrected chi connectivity index (χ1v) is 7.34. The highest BCUT2D eigenvalue weighted by molar-refractivity contribution is 5.96. The van der Waals surface area contributed by atoms with Crippen molar-refractivity contribution in [1.29, 1.82) is 0 Å². The molecule has 25 heavy (non-hydrogen) atoms. The van der Waals surface area contributed by atoms with Gasteiger partial charge in [0.2, 0.25) is 11.8 Å². The quantitative estimate of drug-likeness (QED) is 0.835. The Kier molecular flexibility index (Phi) is 4.27. The van der Waals surface area contributed by atoms with E-state index in [4.69, 9.17) is 9.47 Å². The molecule has 0 unspecified atom stereocenters. The van der Waals surface area contributed by atoms with Gasteiger partial charge in [-0.15, -0.1) is 5.10 Å². The number of methoxy groups -OCH3 is 1. The second kappa shape index (κ2) is 6.26. The minimum atomic E-state index is -4.44. The summed E-state index contributed by atoms with van der Waals surface area (Å²) in [5.41, 5.74) is -0.495. The summed E-state index contributed by atoms with van der Waals surface area (Å²) in [5, 5.41) is 4.02. The number of aryl methyl sites for hydroxylation is 1. The van der Waals surface area contributed by atoms with Gasteiger partial charge in [0, 0.05) is 25.5 Å². The topological polar surface area (TPSA) is 69.5 Å². The van der Waals surface area contributed by atoms with Gasteiger partial charge in [-0.25, -0.2) is 4.98 Å². The van der Waals surface area contributed by atoms with Crippen LogP contribution in [0.3, 0.4) is 0 Å². The normalized spacial score (nSPS) is 15.0. The molecule has 3 rings (SSSR count). The summed E-state index contributed by atoms with van der Waals surface area (Å²) in [7, 11) is 3.11. The summed E-state index contributed by atoms with van der Waals surface area (Å²) >= 11 is 0. The van der Waals surface area contributed by atoms with E-state index < -0.39 is 11.7 Å². The van der Waals surface area contributed by atoms with Crippen LogP contribution in [-0.4, -0.2) is 51.9 Å². The maximum atomic E-state index is 12.5. The third-order valence-corrected chi connectivity index (χ3v) is 3.70. The van der Waals surface area contributed by atoms with Crippen LogP contribution in [-0.2, 0) is 13.2 Å². The van der Waals surface area contributed by atoms with Crippen molar-refractivity contribution in [3.05, 3.63) is 35.7 Å². The van der Waals surface area contributed by atoms with Gasteiger partial charge in [-0.2, -0.15) is 13.2 Å². The highest BCUT2D eigenvalue weighted by Gasteiger charge is 2.35. The van der Waals surface area contributed by atoms with Gasteiger partial charge in [0.1, 0.15) is 11.7 Å². The second-order valence-corrected chi connectivity index (χ2v) is 5.56. The molecule has 1 aliphatic rings. The van der Waals surface area contributed by atoms with Gasteiger partial charge in [-0.3, -0.25) is 9.48 Å². The summed E-state index contributed by atoms with van der Waals surface area (Å²) in [4.78, 5) is 17.6. The van der Waals surface area contributed by atoms with Crippen LogP contribution in [0.4, 0.5) is 13.2 Å². The Morgan fingerprint density at radius 3 is 2.60 bits per heavy atom. The number of ether oxygens (including phenoxy) is 2. The molecule has 0 saturated carbocycles. The van der Waals surface area contributed by atoms with Gasteiger partial charge in [0.15, 0.2) is 0 Å². The highest BCUT2D eigenvalue weighted by atomic mass is 19.4. The minimum absolute atomic E-state index is 0.0871. The van der Waals surface area contributed by atoms with Crippen LogP contribution < -0.4 is 9.47 Å². The van der Waals surface area contributed by atoms with E-state index in [2.05, 4.69) is 10.1 Å². The number of likely N-dealkylation sites (tertiary alicyclic amines) is 1. The van der Waals surface area contributed by atoms with Crippen LogP contribution >= 0.6 is 0 Å². The van der Waals surface area contributed by atoms with Crippen molar-refractivity contribution in [1.82, 2.24) is 19.7 Å². The third-order valence-electron chi connectivity index (χ3n) is 3.70. The van der Waals surface area contributed by atoms with E-state index in [0.29, 0.717) is 18.7 Å². The lowest BCUT2D eigenvalue weighted by molar-refractivity contribution is -0.137. The number of carbonyl (C=O) groups is 1. The van der Waals surface area contributed by atoms with Crippen molar-refractivity contribution >= 4 is 5.91 Å². The predicted octanol–water partition coefficient (Wildman–Crippen LogP) is 1.75. The van der Waals surface area contributed by atoms with Crippen LogP contribution in [0.25, 0.3) is 0 Å². The maximum Gasteiger partial charge on any atom is 0.417 e. The fraction of sp³-hybridized carbons (Fsp3) is 0.400. The van der Waals surface area contributed by atoms with E-state index in [1.807, 2.05) is 0 Å². The molecular weight excluding hydrogens is 341 g/mol. The van der Waals surface area contributed by atoms with E-state index in [0.717, 1.165) is 18.3 Å². The second-order valence-electron chi connectivity index (χ2n) is 5.56. The third kappa shape index (κ3) is 3.52. The number of aromatic nitrogens is 3. The van der Waals surface area contributed by atoms with Crippen molar-refractivity contribution in [2.45, 2.75) is 12.3 Å². The van der Waals surface area contributed by atoms with E-state index in [-0.39, 0.29) is 23.8 Å². The fourth-order valence-corrected chi connectivity index (χ4v) is 2.40. The SMILES string of the molecule is COc1nn(C)cc1C(=O)N1CC(Oc2ccc(C(F)(F)F)cn2)C1. The number of alkyl halides is 3. The average Bonchev–Trinajstić information content (AvgIpc) is 2.90. The molecule has 10 heteroatoms. The lowest BCUT2D eigenvalue weighted by atomic mass is 10.1. The zero-order valence-electron chi connectivity index (χ0n) is 13.4. The Bertz CT molecular complexity index is 767. The molecule has 2 aromatic rings.